The summed E-state index contributed by atoms with van der Waals surface area (Å²) in [6, 6.07) is 15.6. The summed E-state index contributed by atoms with van der Waals surface area (Å²) >= 11 is 0. The number of aromatic nitrogens is 1. The highest BCUT2D eigenvalue weighted by atomic mass is 14.7. The van der Waals surface area contributed by atoms with Gasteiger partial charge in [-0.15, -0.1) is 0 Å². The van der Waals surface area contributed by atoms with Gasteiger partial charge in [-0.05, 0) is 23.8 Å². The molecule has 0 fully saturated rings. The molecule has 0 aliphatic carbocycles. The van der Waals surface area contributed by atoms with Crippen LogP contribution in [-0.2, 0) is 0 Å². The molecule has 0 saturated heterocycles. The SMILES string of the molecule is N#Cc1cccnc1/C=C/c1ccccc1. The molecule has 76 valence electrons. The van der Waals surface area contributed by atoms with E-state index in [0.717, 1.165) is 5.56 Å². The zero-order valence-electron chi connectivity index (χ0n) is 8.67. The molecule has 0 spiro atoms. The van der Waals surface area contributed by atoms with E-state index >= 15 is 0 Å². The molecule has 2 heteroatoms. The molecular weight excluding hydrogens is 196 g/mol. The average molecular weight is 206 g/mol. The molecule has 1 aromatic heterocycles. The summed E-state index contributed by atoms with van der Waals surface area (Å²) in [7, 11) is 0. The van der Waals surface area contributed by atoms with Crippen LogP contribution in [0.5, 0.6) is 0 Å². The van der Waals surface area contributed by atoms with Crippen LogP contribution in [0.1, 0.15) is 16.8 Å². The van der Waals surface area contributed by atoms with Gasteiger partial charge >= 0.3 is 0 Å². The molecular formula is C14H10N2. The number of hydrogen-bond donors (Lipinski definition) is 0. The number of benzene rings is 1. The van der Waals surface area contributed by atoms with Gasteiger partial charge in [0, 0.05) is 6.20 Å². The van der Waals surface area contributed by atoms with Crippen LogP contribution in [0.3, 0.4) is 0 Å². The van der Waals surface area contributed by atoms with Crippen molar-refractivity contribution >= 4 is 12.2 Å². The van der Waals surface area contributed by atoms with Crippen molar-refractivity contribution in [3.8, 4) is 6.07 Å². The van der Waals surface area contributed by atoms with Gasteiger partial charge in [-0.25, -0.2) is 0 Å². The van der Waals surface area contributed by atoms with Crippen LogP contribution in [0.4, 0.5) is 0 Å². The third-order valence-electron chi connectivity index (χ3n) is 2.19. The maximum absolute atomic E-state index is 8.89. The Morgan fingerprint density at radius 2 is 1.81 bits per heavy atom. The van der Waals surface area contributed by atoms with Crippen LogP contribution < -0.4 is 0 Å². The van der Waals surface area contributed by atoms with Gasteiger partial charge in [0.1, 0.15) is 6.07 Å². The lowest BCUT2D eigenvalue weighted by atomic mass is 10.1. The van der Waals surface area contributed by atoms with Crippen molar-refractivity contribution < 1.29 is 0 Å². The Morgan fingerprint density at radius 3 is 2.56 bits per heavy atom. The van der Waals surface area contributed by atoms with Gasteiger partial charge in [0.05, 0.1) is 11.3 Å². The monoisotopic (exact) mass is 206 g/mol. The number of rotatable bonds is 2. The highest BCUT2D eigenvalue weighted by molar-refractivity contribution is 5.70. The Hall–Kier alpha value is -2.40. The van der Waals surface area contributed by atoms with Gasteiger partial charge in [-0.2, -0.15) is 5.26 Å². The van der Waals surface area contributed by atoms with Crippen LogP contribution in [-0.4, -0.2) is 4.98 Å². The summed E-state index contributed by atoms with van der Waals surface area (Å²) in [5, 5.41) is 8.89. The first-order valence-electron chi connectivity index (χ1n) is 4.98. The molecule has 2 rings (SSSR count). The molecule has 1 heterocycles. The normalized spacial score (nSPS) is 10.2. The van der Waals surface area contributed by atoms with E-state index in [-0.39, 0.29) is 0 Å². The van der Waals surface area contributed by atoms with Crippen molar-refractivity contribution in [1.29, 1.82) is 5.26 Å². The largest absolute Gasteiger partial charge is 0.256 e. The van der Waals surface area contributed by atoms with Crippen molar-refractivity contribution in [2.75, 3.05) is 0 Å². The Bertz CT molecular complexity index is 536. The van der Waals surface area contributed by atoms with Crippen LogP contribution in [0.2, 0.25) is 0 Å². The van der Waals surface area contributed by atoms with Crippen LogP contribution in [0.15, 0.2) is 48.7 Å². The first-order chi connectivity index (χ1) is 7.90. The predicted octanol–water partition coefficient (Wildman–Crippen LogP) is 3.12. The fourth-order valence-corrected chi connectivity index (χ4v) is 1.38. The van der Waals surface area contributed by atoms with E-state index in [1.807, 2.05) is 42.5 Å². The van der Waals surface area contributed by atoms with Crippen molar-refractivity contribution in [2.24, 2.45) is 0 Å². The fraction of sp³-hybridized carbons (Fsp3) is 0. The van der Waals surface area contributed by atoms with Gasteiger partial charge in [-0.3, -0.25) is 4.98 Å². The van der Waals surface area contributed by atoms with Gasteiger partial charge < -0.3 is 0 Å². The summed E-state index contributed by atoms with van der Waals surface area (Å²) in [5.74, 6) is 0. The average Bonchev–Trinajstić information content (AvgIpc) is 2.38. The lowest BCUT2D eigenvalue weighted by Crippen LogP contribution is -1.85. The molecule has 0 N–H and O–H groups in total. The minimum absolute atomic E-state index is 0.592. The van der Waals surface area contributed by atoms with Crippen molar-refractivity contribution in [3.63, 3.8) is 0 Å². The summed E-state index contributed by atoms with van der Waals surface area (Å²) in [5.41, 5.74) is 2.39. The lowest BCUT2D eigenvalue weighted by Gasteiger charge is -1.95. The summed E-state index contributed by atoms with van der Waals surface area (Å²) in [6.07, 6.45) is 5.49. The van der Waals surface area contributed by atoms with E-state index in [2.05, 4.69) is 11.1 Å². The van der Waals surface area contributed by atoms with Gasteiger partial charge in [0.15, 0.2) is 0 Å². The molecule has 0 saturated carbocycles. The molecule has 2 nitrogen and oxygen atoms in total. The highest BCUT2D eigenvalue weighted by Gasteiger charge is 1.96. The van der Waals surface area contributed by atoms with Crippen LogP contribution in [0.25, 0.3) is 12.2 Å². The lowest BCUT2D eigenvalue weighted by molar-refractivity contribution is 1.27. The second kappa shape index (κ2) is 4.90. The quantitative estimate of drug-likeness (QED) is 0.756. The molecule has 0 radical (unpaired) electrons. The summed E-state index contributed by atoms with van der Waals surface area (Å²) < 4.78 is 0. The van der Waals surface area contributed by atoms with Gasteiger partial charge in [0.25, 0.3) is 0 Å². The van der Waals surface area contributed by atoms with E-state index in [4.69, 9.17) is 5.26 Å². The van der Waals surface area contributed by atoms with Crippen LogP contribution in [0, 0.1) is 11.3 Å². The zero-order valence-corrected chi connectivity index (χ0v) is 8.67. The minimum Gasteiger partial charge on any atom is -0.256 e. The predicted molar refractivity (Wildman–Crippen MR) is 64.3 cm³/mol. The smallest absolute Gasteiger partial charge is 0.101 e. The zero-order chi connectivity index (χ0) is 11.2. The first-order valence-corrected chi connectivity index (χ1v) is 4.98. The summed E-state index contributed by atoms with van der Waals surface area (Å²) in [4.78, 5) is 4.16. The van der Waals surface area contributed by atoms with E-state index in [1.54, 1.807) is 18.3 Å². The van der Waals surface area contributed by atoms with Crippen molar-refractivity contribution in [2.45, 2.75) is 0 Å². The van der Waals surface area contributed by atoms with E-state index < -0.39 is 0 Å². The van der Waals surface area contributed by atoms with Gasteiger partial charge in [-0.1, -0.05) is 36.4 Å². The fourth-order valence-electron chi connectivity index (χ4n) is 1.38. The van der Waals surface area contributed by atoms with E-state index in [0.29, 0.717) is 11.3 Å². The van der Waals surface area contributed by atoms with Gasteiger partial charge in [0.2, 0.25) is 0 Å². The molecule has 0 aliphatic heterocycles. The van der Waals surface area contributed by atoms with Crippen molar-refractivity contribution in [3.05, 3.63) is 65.5 Å². The highest BCUT2D eigenvalue weighted by Crippen LogP contribution is 2.09. The van der Waals surface area contributed by atoms with E-state index in [9.17, 15) is 0 Å². The molecule has 16 heavy (non-hydrogen) atoms. The third-order valence-corrected chi connectivity index (χ3v) is 2.19. The number of nitriles is 1. The maximum atomic E-state index is 8.89. The second-order valence-electron chi connectivity index (χ2n) is 3.29. The number of nitrogens with zero attached hydrogens (tertiary/aromatic N) is 2. The second-order valence-corrected chi connectivity index (χ2v) is 3.29. The molecule has 0 aliphatic rings. The standard InChI is InChI=1S/C14H10N2/c15-11-13-7-4-10-16-14(13)9-8-12-5-2-1-3-6-12/h1-10H/b9-8+. The Morgan fingerprint density at radius 1 is 1.00 bits per heavy atom. The number of hydrogen-bond acceptors (Lipinski definition) is 2. The maximum Gasteiger partial charge on any atom is 0.101 e. The first kappa shape index (κ1) is 10.1. The number of pyridine rings is 1. The molecule has 2 aromatic rings. The molecule has 0 amide bonds. The molecule has 1 aromatic carbocycles. The topological polar surface area (TPSA) is 36.7 Å². The third kappa shape index (κ3) is 2.34. The Balaban J connectivity index is 2.28. The van der Waals surface area contributed by atoms with E-state index in [1.165, 1.54) is 0 Å². The minimum atomic E-state index is 0.592. The Kier molecular flexibility index (Phi) is 3.10. The molecule has 0 unspecified atom stereocenters. The summed E-state index contributed by atoms with van der Waals surface area (Å²) in [6.45, 7) is 0. The molecule has 0 bridgehead atoms. The molecule has 0 atom stereocenters. The van der Waals surface area contributed by atoms with Crippen LogP contribution >= 0.6 is 0 Å². The van der Waals surface area contributed by atoms with Crippen molar-refractivity contribution in [1.82, 2.24) is 4.98 Å². The Labute approximate surface area is 94.5 Å².